The number of hydrogen-bond donors (Lipinski definition) is 1. The molecule has 3 aromatic rings. The average Bonchev–Trinajstić information content (AvgIpc) is 2.78. The first-order valence-corrected chi connectivity index (χ1v) is 10.1. The molecular weight excluding hydrogens is 358 g/mol. The number of carbonyl (C=O) groups is 1. The summed E-state index contributed by atoms with van der Waals surface area (Å²) >= 11 is 0. The molecule has 0 amide bonds. The van der Waals surface area contributed by atoms with Crippen molar-refractivity contribution in [2.45, 2.75) is 39.1 Å². The molecule has 3 rings (SSSR count). The first kappa shape index (κ1) is 21.0. The number of aliphatic hydroxyl groups is 1. The van der Waals surface area contributed by atoms with Crippen LogP contribution in [0.25, 0.3) is 0 Å². The van der Waals surface area contributed by atoms with E-state index in [2.05, 4.69) is 29.2 Å². The Hall–Kier alpha value is -2.75. The largest absolute Gasteiger partial charge is 0.388 e. The van der Waals surface area contributed by atoms with E-state index in [0.717, 1.165) is 5.56 Å². The fraction of sp³-hybridized carbons (Fsp3) is 0.269. The van der Waals surface area contributed by atoms with Gasteiger partial charge in [0.1, 0.15) is 0 Å². The van der Waals surface area contributed by atoms with E-state index in [-0.39, 0.29) is 11.8 Å². The highest BCUT2D eigenvalue weighted by Gasteiger charge is 2.30. The zero-order valence-corrected chi connectivity index (χ0v) is 17.1. The maximum absolute atomic E-state index is 13.3. The highest BCUT2D eigenvalue weighted by molar-refractivity contribution is 5.86. The molecule has 3 atom stereocenters. The van der Waals surface area contributed by atoms with Gasteiger partial charge in [-0.05, 0) is 23.6 Å². The van der Waals surface area contributed by atoms with Crippen molar-refractivity contribution in [1.82, 2.24) is 4.90 Å². The Labute approximate surface area is 173 Å². The molecule has 0 unspecified atom stereocenters. The predicted molar refractivity (Wildman–Crippen MR) is 117 cm³/mol. The topological polar surface area (TPSA) is 40.5 Å². The molecule has 0 bridgehead atoms. The first-order chi connectivity index (χ1) is 14.1. The summed E-state index contributed by atoms with van der Waals surface area (Å²) in [6.07, 6.45) is -0.804. The van der Waals surface area contributed by atoms with Gasteiger partial charge in [0.25, 0.3) is 0 Å². The number of hydrogen-bond acceptors (Lipinski definition) is 3. The molecular formula is C26H29NO2. The molecule has 0 heterocycles. The molecule has 0 saturated carbocycles. The van der Waals surface area contributed by atoms with Crippen LogP contribution in [0.5, 0.6) is 0 Å². The van der Waals surface area contributed by atoms with Gasteiger partial charge in [0.05, 0.1) is 12.1 Å². The van der Waals surface area contributed by atoms with Gasteiger partial charge in [-0.2, -0.15) is 0 Å². The van der Waals surface area contributed by atoms with E-state index in [4.69, 9.17) is 0 Å². The molecule has 0 aliphatic carbocycles. The maximum atomic E-state index is 13.3. The Bertz CT molecular complexity index is 839. The second-order valence-electron chi connectivity index (χ2n) is 7.60. The highest BCUT2D eigenvalue weighted by Crippen LogP contribution is 2.25. The summed E-state index contributed by atoms with van der Waals surface area (Å²) < 4.78 is 0. The Morgan fingerprint density at radius 2 is 1.17 bits per heavy atom. The van der Waals surface area contributed by atoms with Crippen molar-refractivity contribution in [2.24, 2.45) is 5.92 Å². The summed E-state index contributed by atoms with van der Waals surface area (Å²) in [6, 6.07) is 29.5. The van der Waals surface area contributed by atoms with Gasteiger partial charge in [0.2, 0.25) is 0 Å². The smallest absolute Gasteiger partial charge is 0.155 e. The lowest BCUT2D eigenvalue weighted by atomic mass is 9.90. The van der Waals surface area contributed by atoms with Gasteiger partial charge in [0.15, 0.2) is 5.78 Å². The van der Waals surface area contributed by atoms with Crippen LogP contribution in [-0.2, 0) is 17.9 Å². The van der Waals surface area contributed by atoms with Crippen LogP contribution in [0.2, 0.25) is 0 Å². The standard InChI is InChI=1S/C26H29NO2/c1-20(26(29)24-16-10-5-11-17-24)25(28)21(2)27(18-22-12-6-3-7-13-22)19-23-14-8-4-9-15-23/h3-17,20-21,26,29H,18-19H2,1-2H3/t20-,21-,26+/m0/s1. The molecule has 0 radical (unpaired) electrons. The molecule has 3 heteroatoms. The Kier molecular flexibility index (Phi) is 7.34. The summed E-state index contributed by atoms with van der Waals surface area (Å²) in [5.41, 5.74) is 3.11. The van der Waals surface area contributed by atoms with E-state index in [0.29, 0.717) is 13.1 Å². The van der Waals surface area contributed by atoms with E-state index in [1.54, 1.807) is 0 Å². The van der Waals surface area contributed by atoms with Crippen LogP contribution >= 0.6 is 0 Å². The van der Waals surface area contributed by atoms with Gasteiger partial charge in [-0.25, -0.2) is 0 Å². The van der Waals surface area contributed by atoms with Crippen molar-refractivity contribution in [3.8, 4) is 0 Å². The number of rotatable bonds is 9. The molecule has 3 nitrogen and oxygen atoms in total. The fourth-order valence-electron chi connectivity index (χ4n) is 3.62. The van der Waals surface area contributed by atoms with Crippen LogP contribution in [-0.4, -0.2) is 21.8 Å². The third-order valence-corrected chi connectivity index (χ3v) is 5.48. The van der Waals surface area contributed by atoms with Crippen LogP contribution in [0.4, 0.5) is 0 Å². The summed E-state index contributed by atoms with van der Waals surface area (Å²) in [7, 11) is 0. The molecule has 0 spiro atoms. The number of carbonyl (C=O) groups excluding carboxylic acids is 1. The van der Waals surface area contributed by atoms with Crippen LogP contribution in [0.3, 0.4) is 0 Å². The lowest BCUT2D eigenvalue weighted by Crippen LogP contribution is -2.41. The van der Waals surface area contributed by atoms with Crippen molar-refractivity contribution in [3.05, 3.63) is 108 Å². The first-order valence-electron chi connectivity index (χ1n) is 10.1. The second-order valence-corrected chi connectivity index (χ2v) is 7.60. The quantitative estimate of drug-likeness (QED) is 0.561. The Morgan fingerprint density at radius 3 is 1.62 bits per heavy atom. The minimum absolute atomic E-state index is 0.0493. The van der Waals surface area contributed by atoms with Crippen molar-refractivity contribution in [1.29, 1.82) is 0 Å². The van der Waals surface area contributed by atoms with E-state index >= 15 is 0 Å². The molecule has 3 aromatic carbocycles. The molecule has 0 aromatic heterocycles. The van der Waals surface area contributed by atoms with E-state index in [9.17, 15) is 9.90 Å². The Balaban J connectivity index is 1.78. The minimum Gasteiger partial charge on any atom is -0.388 e. The van der Waals surface area contributed by atoms with Crippen LogP contribution in [0.15, 0.2) is 91.0 Å². The summed E-state index contributed by atoms with van der Waals surface area (Å²) in [5.74, 6) is -0.435. The number of aliphatic hydroxyl groups excluding tert-OH is 1. The average molecular weight is 388 g/mol. The summed E-state index contributed by atoms with van der Waals surface area (Å²) in [6.45, 7) is 5.12. The van der Waals surface area contributed by atoms with Crippen LogP contribution in [0.1, 0.15) is 36.6 Å². The van der Waals surface area contributed by atoms with Crippen molar-refractivity contribution in [3.63, 3.8) is 0 Å². The van der Waals surface area contributed by atoms with Gasteiger partial charge < -0.3 is 5.11 Å². The normalized spacial score (nSPS) is 14.3. The van der Waals surface area contributed by atoms with Gasteiger partial charge in [0, 0.05) is 19.0 Å². The van der Waals surface area contributed by atoms with Gasteiger partial charge in [-0.3, -0.25) is 9.69 Å². The lowest BCUT2D eigenvalue weighted by Gasteiger charge is -2.31. The number of benzene rings is 3. The lowest BCUT2D eigenvalue weighted by molar-refractivity contribution is -0.131. The molecule has 0 aliphatic heterocycles. The molecule has 0 saturated heterocycles. The predicted octanol–water partition coefficient (Wildman–Crippen LogP) is 5.02. The molecule has 0 fully saturated rings. The SMILES string of the molecule is C[C@@H](C(=O)[C@H](C)N(Cc1ccccc1)Cc1ccccc1)[C@@H](O)c1ccccc1. The third-order valence-electron chi connectivity index (χ3n) is 5.48. The van der Waals surface area contributed by atoms with E-state index < -0.39 is 12.0 Å². The van der Waals surface area contributed by atoms with Gasteiger partial charge >= 0.3 is 0 Å². The van der Waals surface area contributed by atoms with Gasteiger partial charge in [-0.15, -0.1) is 0 Å². The maximum Gasteiger partial charge on any atom is 0.155 e. The monoisotopic (exact) mass is 387 g/mol. The summed E-state index contributed by atoms with van der Waals surface area (Å²) in [4.78, 5) is 15.5. The number of nitrogens with zero attached hydrogens (tertiary/aromatic N) is 1. The minimum atomic E-state index is -0.804. The number of ketones is 1. The van der Waals surface area contributed by atoms with E-state index in [1.807, 2.05) is 80.6 Å². The number of Topliss-reactive ketones (excluding diaryl/α,β-unsaturated/α-hetero) is 1. The van der Waals surface area contributed by atoms with Gasteiger partial charge in [-0.1, -0.05) is 97.9 Å². The molecule has 1 N–H and O–H groups in total. The fourth-order valence-corrected chi connectivity index (χ4v) is 3.62. The third kappa shape index (κ3) is 5.63. The zero-order valence-electron chi connectivity index (χ0n) is 17.1. The molecule has 0 aliphatic rings. The van der Waals surface area contributed by atoms with Crippen molar-refractivity contribution in [2.75, 3.05) is 0 Å². The second kappa shape index (κ2) is 10.1. The highest BCUT2D eigenvalue weighted by atomic mass is 16.3. The van der Waals surface area contributed by atoms with Crippen molar-refractivity contribution < 1.29 is 9.90 Å². The van der Waals surface area contributed by atoms with E-state index in [1.165, 1.54) is 11.1 Å². The van der Waals surface area contributed by atoms with Crippen LogP contribution in [0, 0.1) is 5.92 Å². The molecule has 29 heavy (non-hydrogen) atoms. The summed E-state index contributed by atoms with van der Waals surface area (Å²) in [5, 5.41) is 10.7. The molecule has 150 valence electrons. The van der Waals surface area contributed by atoms with Crippen LogP contribution < -0.4 is 0 Å². The zero-order chi connectivity index (χ0) is 20.6. The Morgan fingerprint density at radius 1 is 0.759 bits per heavy atom. The van der Waals surface area contributed by atoms with Crippen molar-refractivity contribution >= 4 is 5.78 Å².